The van der Waals surface area contributed by atoms with Gasteiger partial charge < -0.3 is 4.42 Å². The molecule has 1 unspecified atom stereocenters. The van der Waals surface area contributed by atoms with Crippen LogP contribution in [0.3, 0.4) is 0 Å². The van der Waals surface area contributed by atoms with Crippen molar-refractivity contribution in [3.8, 4) is 5.69 Å². The summed E-state index contributed by atoms with van der Waals surface area (Å²) in [7, 11) is 0. The van der Waals surface area contributed by atoms with Crippen molar-refractivity contribution in [3.63, 3.8) is 0 Å². The molecule has 0 aliphatic carbocycles. The van der Waals surface area contributed by atoms with Crippen LogP contribution < -0.4 is 4.68 Å². The number of para-hydroxylation sites is 1. The maximum atomic E-state index is 5.96. The van der Waals surface area contributed by atoms with Gasteiger partial charge >= 0.3 is 0 Å². The van der Waals surface area contributed by atoms with Gasteiger partial charge in [0.15, 0.2) is 11.9 Å². The molecular weight excluding hydrogens is 250 g/mol. The van der Waals surface area contributed by atoms with Crippen molar-refractivity contribution in [1.82, 2.24) is 9.90 Å². The van der Waals surface area contributed by atoms with E-state index in [4.69, 9.17) is 4.42 Å². The van der Waals surface area contributed by atoms with E-state index in [0.717, 1.165) is 16.9 Å². The molecule has 0 radical (unpaired) electrons. The Balaban J connectivity index is 1.94. The monoisotopic (exact) mass is 262 g/mol. The van der Waals surface area contributed by atoms with Crippen molar-refractivity contribution < 1.29 is 9.10 Å². The van der Waals surface area contributed by atoms with E-state index in [1.54, 1.807) is 0 Å². The molecule has 0 amide bonds. The van der Waals surface area contributed by atoms with Gasteiger partial charge in [-0.2, -0.15) is 0 Å². The van der Waals surface area contributed by atoms with Crippen LogP contribution in [0.15, 0.2) is 53.2 Å². The molecule has 1 aliphatic rings. The van der Waals surface area contributed by atoms with Crippen LogP contribution in [0.2, 0.25) is 0 Å². The van der Waals surface area contributed by atoms with Crippen LogP contribution in [-0.4, -0.2) is 9.90 Å². The SMILES string of the molecule is CC1c2cc3c(cc2-[n+]2ccnn21)oc1ccccc13. The first-order valence-electron chi connectivity index (χ1n) is 6.74. The molecule has 96 valence electrons. The van der Waals surface area contributed by atoms with Crippen molar-refractivity contribution in [2.75, 3.05) is 0 Å². The first-order valence-corrected chi connectivity index (χ1v) is 6.74. The van der Waals surface area contributed by atoms with Crippen LogP contribution in [0.1, 0.15) is 18.5 Å². The summed E-state index contributed by atoms with van der Waals surface area (Å²) in [6, 6.07) is 12.8. The average Bonchev–Trinajstić information content (AvgIpc) is 3.13. The minimum Gasteiger partial charge on any atom is -0.456 e. The van der Waals surface area contributed by atoms with Crippen LogP contribution in [0.4, 0.5) is 0 Å². The molecule has 1 aliphatic heterocycles. The third-order valence-corrected chi connectivity index (χ3v) is 4.18. The summed E-state index contributed by atoms with van der Waals surface area (Å²) in [6.45, 7) is 2.17. The van der Waals surface area contributed by atoms with Gasteiger partial charge in [-0.15, -0.1) is 4.68 Å². The molecule has 2 aromatic heterocycles. The summed E-state index contributed by atoms with van der Waals surface area (Å²) < 4.78 is 8.04. The van der Waals surface area contributed by atoms with E-state index in [-0.39, 0.29) is 6.04 Å². The van der Waals surface area contributed by atoms with Crippen molar-refractivity contribution in [1.29, 1.82) is 0 Å². The van der Waals surface area contributed by atoms with Crippen LogP contribution in [0.5, 0.6) is 0 Å². The molecule has 0 bridgehead atoms. The van der Waals surface area contributed by atoms with Gasteiger partial charge in [0.25, 0.3) is 0 Å². The smallest absolute Gasteiger partial charge is 0.206 e. The molecule has 4 nitrogen and oxygen atoms in total. The molecule has 0 fully saturated rings. The minimum absolute atomic E-state index is 0.248. The molecule has 0 spiro atoms. The number of aromatic nitrogens is 3. The topological polar surface area (TPSA) is 34.8 Å². The van der Waals surface area contributed by atoms with Crippen LogP contribution in [0, 0.1) is 0 Å². The number of nitrogens with zero attached hydrogens (tertiary/aromatic N) is 3. The highest BCUT2D eigenvalue weighted by molar-refractivity contribution is 6.05. The van der Waals surface area contributed by atoms with Crippen LogP contribution in [0.25, 0.3) is 27.6 Å². The Kier molecular flexibility index (Phi) is 1.67. The summed E-state index contributed by atoms with van der Waals surface area (Å²) in [5.41, 5.74) is 4.32. The number of rotatable bonds is 0. The maximum Gasteiger partial charge on any atom is 0.206 e. The quantitative estimate of drug-likeness (QED) is 0.457. The Morgan fingerprint density at radius 2 is 2.05 bits per heavy atom. The first-order chi connectivity index (χ1) is 9.83. The number of hydrogen-bond donors (Lipinski definition) is 0. The lowest BCUT2D eigenvalue weighted by atomic mass is 10.0. The summed E-state index contributed by atoms with van der Waals surface area (Å²) in [5.74, 6) is 0. The zero-order chi connectivity index (χ0) is 13.3. The van der Waals surface area contributed by atoms with E-state index < -0.39 is 0 Å². The number of furan rings is 1. The number of hydrogen-bond acceptors (Lipinski definition) is 2. The van der Waals surface area contributed by atoms with Crippen molar-refractivity contribution >= 4 is 21.9 Å². The first kappa shape index (κ1) is 10.2. The van der Waals surface area contributed by atoms with Crippen molar-refractivity contribution in [2.24, 2.45) is 0 Å². The second-order valence-electron chi connectivity index (χ2n) is 5.26. The van der Waals surface area contributed by atoms with Gasteiger partial charge in [0.1, 0.15) is 17.2 Å². The second kappa shape index (κ2) is 3.28. The summed E-state index contributed by atoms with van der Waals surface area (Å²) >= 11 is 0. The van der Waals surface area contributed by atoms with E-state index in [1.165, 1.54) is 16.3 Å². The number of benzene rings is 2. The Morgan fingerprint density at radius 3 is 3.00 bits per heavy atom. The normalized spacial score (nSPS) is 16.8. The third-order valence-electron chi connectivity index (χ3n) is 4.18. The standard InChI is InChI=1S/C16H12N3O/c1-10-12-8-13-11-4-2-3-5-15(11)20-16(13)9-14(12)18-7-6-17-19(10)18/h2-10H,1H3/q+1. The van der Waals surface area contributed by atoms with Crippen LogP contribution >= 0.6 is 0 Å². The Morgan fingerprint density at radius 1 is 1.15 bits per heavy atom. The van der Waals surface area contributed by atoms with E-state index in [9.17, 15) is 0 Å². The van der Waals surface area contributed by atoms with Gasteiger partial charge in [0.2, 0.25) is 6.20 Å². The van der Waals surface area contributed by atoms with Gasteiger partial charge in [-0.05, 0) is 23.9 Å². The van der Waals surface area contributed by atoms with Crippen molar-refractivity contribution in [3.05, 3.63) is 54.4 Å². The average molecular weight is 262 g/mol. The highest BCUT2D eigenvalue weighted by atomic mass is 16.3. The highest BCUT2D eigenvalue weighted by Gasteiger charge is 2.33. The predicted octanol–water partition coefficient (Wildman–Crippen LogP) is 2.98. The molecular formula is C16H12N3O+. The zero-order valence-electron chi connectivity index (χ0n) is 10.9. The van der Waals surface area contributed by atoms with E-state index in [1.807, 2.05) is 35.4 Å². The highest BCUT2D eigenvalue weighted by Crippen LogP contribution is 2.35. The lowest BCUT2D eigenvalue weighted by molar-refractivity contribution is -0.682. The van der Waals surface area contributed by atoms with E-state index in [0.29, 0.717) is 0 Å². The van der Waals surface area contributed by atoms with Crippen LogP contribution in [-0.2, 0) is 0 Å². The fraction of sp³-hybridized carbons (Fsp3) is 0.125. The summed E-state index contributed by atoms with van der Waals surface area (Å²) in [4.78, 5) is 1.99. The molecule has 4 aromatic rings. The molecule has 0 saturated heterocycles. The fourth-order valence-corrected chi connectivity index (χ4v) is 3.20. The van der Waals surface area contributed by atoms with Gasteiger partial charge in [-0.1, -0.05) is 18.2 Å². The molecule has 5 rings (SSSR count). The molecule has 1 atom stereocenters. The third kappa shape index (κ3) is 1.08. The van der Waals surface area contributed by atoms with E-state index in [2.05, 4.69) is 34.9 Å². The van der Waals surface area contributed by atoms with Gasteiger partial charge in [0, 0.05) is 27.5 Å². The number of fused-ring (bicyclic) bond motifs is 6. The molecule has 4 heteroatoms. The predicted molar refractivity (Wildman–Crippen MR) is 74.9 cm³/mol. The van der Waals surface area contributed by atoms with Gasteiger partial charge in [-0.3, -0.25) is 0 Å². The summed E-state index contributed by atoms with van der Waals surface area (Å²) in [5, 5.41) is 6.73. The molecule has 20 heavy (non-hydrogen) atoms. The lowest BCUT2D eigenvalue weighted by Gasteiger charge is -1.99. The summed E-state index contributed by atoms with van der Waals surface area (Å²) in [6.07, 6.45) is 3.80. The second-order valence-corrected chi connectivity index (χ2v) is 5.26. The maximum absolute atomic E-state index is 5.96. The fourth-order valence-electron chi connectivity index (χ4n) is 3.20. The Labute approximate surface area is 114 Å². The molecule has 0 saturated carbocycles. The van der Waals surface area contributed by atoms with E-state index >= 15 is 0 Å². The van der Waals surface area contributed by atoms with Crippen molar-refractivity contribution in [2.45, 2.75) is 13.0 Å². The Hall–Kier alpha value is -2.62. The molecule has 2 aromatic carbocycles. The Bertz CT molecular complexity index is 980. The zero-order valence-corrected chi connectivity index (χ0v) is 10.9. The largest absolute Gasteiger partial charge is 0.456 e. The van der Waals surface area contributed by atoms with Gasteiger partial charge in [0.05, 0.1) is 0 Å². The minimum atomic E-state index is 0.248. The van der Waals surface area contributed by atoms with Gasteiger partial charge in [-0.25, -0.2) is 0 Å². The molecule has 0 N–H and O–H groups in total. The lowest BCUT2D eigenvalue weighted by Crippen LogP contribution is -2.36. The molecule has 3 heterocycles.